The third-order valence-electron chi connectivity index (χ3n) is 3.89. The van der Waals surface area contributed by atoms with Crippen LogP contribution < -0.4 is 19.1 Å². The lowest BCUT2D eigenvalue weighted by Gasteiger charge is -2.28. The summed E-state index contributed by atoms with van der Waals surface area (Å²) in [6.07, 6.45) is 1.000. The molecule has 0 aliphatic carbocycles. The van der Waals surface area contributed by atoms with E-state index in [2.05, 4.69) is 20.3 Å². The van der Waals surface area contributed by atoms with Gasteiger partial charge in [-0.05, 0) is 19.1 Å². The smallest absolute Gasteiger partial charge is 0.316 e. The van der Waals surface area contributed by atoms with E-state index in [-0.39, 0.29) is 16.6 Å². The van der Waals surface area contributed by atoms with Gasteiger partial charge in [0, 0.05) is 6.07 Å². The Kier molecular flexibility index (Phi) is 8.47. The standard InChI is InChI=1S/C17H22N4O7S3/c1-10(15(23)18-16-19-20-17(30-16)29-9-14(22)28-4)21(31(5,24)25)11-6-7-12(26-2)13(8-11)27-3/h6-8,10H,9H2,1-5H3,(H,18,19,23)/t10-/m1/s1. The Hall–Kier alpha value is -2.58. The number of benzene rings is 1. The van der Waals surface area contributed by atoms with Crippen molar-refractivity contribution in [3.63, 3.8) is 0 Å². The normalized spacial score (nSPS) is 12.0. The second-order valence-electron chi connectivity index (χ2n) is 6.00. The van der Waals surface area contributed by atoms with Gasteiger partial charge in [0.25, 0.3) is 0 Å². The maximum Gasteiger partial charge on any atom is 0.316 e. The molecule has 0 aliphatic rings. The fourth-order valence-electron chi connectivity index (χ4n) is 2.48. The molecule has 14 heteroatoms. The van der Waals surface area contributed by atoms with Gasteiger partial charge in [-0.15, -0.1) is 10.2 Å². The number of esters is 1. The first-order valence-electron chi connectivity index (χ1n) is 8.66. The molecule has 0 spiro atoms. The lowest BCUT2D eigenvalue weighted by molar-refractivity contribution is -0.137. The number of sulfonamides is 1. The number of methoxy groups -OCH3 is 3. The van der Waals surface area contributed by atoms with Crippen LogP contribution in [0, 0.1) is 0 Å². The third kappa shape index (κ3) is 6.45. The van der Waals surface area contributed by atoms with Crippen molar-refractivity contribution in [3.8, 4) is 11.5 Å². The molecule has 0 fully saturated rings. The Morgan fingerprint density at radius 3 is 2.45 bits per heavy atom. The summed E-state index contributed by atoms with van der Waals surface area (Å²) in [6, 6.07) is 3.42. The van der Waals surface area contributed by atoms with Gasteiger partial charge < -0.3 is 14.2 Å². The summed E-state index contributed by atoms with van der Waals surface area (Å²) in [4.78, 5) is 24.0. The number of aromatic nitrogens is 2. The first kappa shape index (κ1) is 24.7. The summed E-state index contributed by atoms with van der Waals surface area (Å²) in [6.45, 7) is 1.45. The monoisotopic (exact) mass is 490 g/mol. The number of rotatable bonds is 10. The number of hydrogen-bond donors (Lipinski definition) is 1. The van der Waals surface area contributed by atoms with Crippen LogP contribution in [-0.4, -0.2) is 69.9 Å². The Labute approximate surface area is 188 Å². The fourth-order valence-corrected chi connectivity index (χ4v) is 5.23. The summed E-state index contributed by atoms with van der Waals surface area (Å²) in [7, 11) is 0.337. The minimum absolute atomic E-state index is 0.0522. The Balaban J connectivity index is 2.21. The van der Waals surface area contributed by atoms with Crippen LogP contribution in [0.15, 0.2) is 22.5 Å². The number of amides is 1. The molecule has 0 bridgehead atoms. The van der Waals surface area contributed by atoms with Crippen LogP contribution in [0.2, 0.25) is 0 Å². The minimum atomic E-state index is -3.83. The van der Waals surface area contributed by atoms with Crippen LogP contribution in [0.3, 0.4) is 0 Å². The number of anilines is 2. The summed E-state index contributed by atoms with van der Waals surface area (Å²) in [5.41, 5.74) is 0.231. The SMILES string of the molecule is COC(=O)CSc1nnc(NC(=O)[C@@H](C)N(c2ccc(OC)c(OC)c2)S(C)(=O)=O)s1. The molecule has 0 aliphatic heterocycles. The zero-order valence-corrected chi connectivity index (χ0v) is 19.9. The maximum absolute atomic E-state index is 12.8. The van der Waals surface area contributed by atoms with E-state index in [1.54, 1.807) is 6.07 Å². The van der Waals surface area contributed by atoms with E-state index in [4.69, 9.17) is 9.47 Å². The maximum atomic E-state index is 12.8. The lowest BCUT2D eigenvalue weighted by Crippen LogP contribution is -2.45. The Morgan fingerprint density at radius 1 is 1.19 bits per heavy atom. The van der Waals surface area contributed by atoms with Crippen LogP contribution in [0.25, 0.3) is 0 Å². The average Bonchev–Trinajstić information content (AvgIpc) is 3.17. The summed E-state index contributed by atoms with van der Waals surface area (Å²) in [5, 5.41) is 10.4. The molecule has 2 rings (SSSR count). The number of nitrogens with one attached hydrogen (secondary N) is 1. The lowest BCUT2D eigenvalue weighted by atomic mass is 10.2. The molecule has 1 aromatic carbocycles. The van der Waals surface area contributed by atoms with E-state index in [1.807, 2.05) is 0 Å². The molecule has 0 saturated carbocycles. The molecule has 31 heavy (non-hydrogen) atoms. The zero-order valence-electron chi connectivity index (χ0n) is 17.4. The van der Waals surface area contributed by atoms with Crippen molar-refractivity contribution in [3.05, 3.63) is 18.2 Å². The van der Waals surface area contributed by atoms with Crippen molar-refractivity contribution < 1.29 is 32.2 Å². The highest BCUT2D eigenvalue weighted by Gasteiger charge is 2.30. The van der Waals surface area contributed by atoms with E-state index >= 15 is 0 Å². The fraction of sp³-hybridized carbons (Fsp3) is 0.412. The number of thioether (sulfide) groups is 1. The van der Waals surface area contributed by atoms with Crippen LogP contribution in [0.5, 0.6) is 11.5 Å². The van der Waals surface area contributed by atoms with Crippen molar-refractivity contribution in [1.29, 1.82) is 0 Å². The van der Waals surface area contributed by atoms with Gasteiger partial charge in [0.1, 0.15) is 6.04 Å². The number of carbonyl (C=O) groups excluding carboxylic acids is 2. The van der Waals surface area contributed by atoms with Gasteiger partial charge in [-0.25, -0.2) is 8.42 Å². The first-order valence-corrected chi connectivity index (χ1v) is 12.3. The number of hydrogen-bond acceptors (Lipinski definition) is 11. The minimum Gasteiger partial charge on any atom is -0.493 e. The second-order valence-corrected chi connectivity index (χ2v) is 10.1. The van der Waals surface area contributed by atoms with Crippen molar-refractivity contribution in [2.24, 2.45) is 0 Å². The quantitative estimate of drug-likeness (QED) is 0.297. The van der Waals surface area contributed by atoms with Gasteiger partial charge in [-0.1, -0.05) is 23.1 Å². The predicted octanol–water partition coefficient (Wildman–Crippen LogP) is 1.61. The van der Waals surface area contributed by atoms with Crippen molar-refractivity contribution in [2.45, 2.75) is 17.3 Å². The Bertz CT molecular complexity index is 1040. The highest BCUT2D eigenvalue weighted by Crippen LogP contribution is 2.33. The molecule has 1 amide bonds. The summed E-state index contributed by atoms with van der Waals surface area (Å²) < 4.78 is 41.3. The largest absolute Gasteiger partial charge is 0.493 e. The number of nitrogens with zero attached hydrogens (tertiary/aromatic N) is 3. The zero-order chi connectivity index (χ0) is 23.2. The molecule has 0 radical (unpaired) electrons. The first-order chi connectivity index (χ1) is 14.6. The van der Waals surface area contributed by atoms with E-state index in [1.165, 1.54) is 40.4 Å². The molecule has 0 unspecified atom stereocenters. The average molecular weight is 491 g/mol. The van der Waals surface area contributed by atoms with Crippen molar-refractivity contribution in [2.75, 3.05) is 43.0 Å². The van der Waals surface area contributed by atoms with E-state index in [0.717, 1.165) is 33.7 Å². The molecule has 170 valence electrons. The van der Waals surface area contributed by atoms with Crippen LogP contribution in [0.4, 0.5) is 10.8 Å². The molecule has 1 atom stereocenters. The van der Waals surface area contributed by atoms with Crippen LogP contribution in [-0.2, 0) is 24.3 Å². The topological polar surface area (TPSA) is 137 Å². The number of ether oxygens (including phenoxy) is 3. The van der Waals surface area contributed by atoms with Crippen molar-refractivity contribution in [1.82, 2.24) is 10.2 Å². The second kappa shape index (κ2) is 10.6. The van der Waals surface area contributed by atoms with Crippen LogP contribution in [0.1, 0.15) is 6.92 Å². The molecule has 0 saturated heterocycles. The van der Waals surface area contributed by atoms with Crippen molar-refractivity contribution >= 4 is 55.8 Å². The highest BCUT2D eigenvalue weighted by molar-refractivity contribution is 8.01. The van der Waals surface area contributed by atoms with E-state index < -0.39 is 27.9 Å². The van der Waals surface area contributed by atoms with E-state index in [9.17, 15) is 18.0 Å². The summed E-state index contributed by atoms with van der Waals surface area (Å²) in [5.74, 6) is -0.240. The van der Waals surface area contributed by atoms with Gasteiger partial charge >= 0.3 is 5.97 Å². The van der Waals surface area contributed by atoms with E-state index in [0.29, 0.717) is 15.8 Å². The third-order valence-corrected chi connectivity index (χ3v) is 7.08. The highest BCUT2D eigenvalue weighted by atomic mass is 32.2. The van der Waals surface area contributed by atoms with Gasteiger partial charge in [-0.3, -0.25) is 19.2 Å². The van der Waals surface area contributed by atoms with Gasteiger partial charge in [-0.2, -0.15) is 0 Å². The van der Waals surface area contributed by atoms with Gasteiger partial charge in [0.15, 0.2) is 15.8 Å². The molecule has 1 heterocycles. The molecule has 2 aromatic rings. The van der Waals surface area contributed by atoms with Gasteiger partial charge in [0.05, 0.1) is 39.0 Å². The Morgan fingerprint density at radius 2 is 1.87 bits per heavy atom. The number of carbonyl (C=O) groups is 2. The molecule has 1 aromatic heterocycles. The predicted molar refractivity (Wildman–Crippen MR) is 118 cm³/mol. The molecular formula is C17H22N4O7S3. The molecular weight excluding hydrogens is 468 g/mol. The molecule has 11 nitrogen and oxygen atoms in total. The molecule has 1 N–H and O–H groups in total. The van der Waals surface area contributed by atoms with Gasteiger partial charge in [0.2, 0.25) is 21.1 Å². The van der Waals surface area contributed by atoms with Crippen LogP contribution >= 0.6 is 23.1 Å². The summed E-state index contributed by atoms with van der Waals surface area (Å²) >= 11 is 2.17.